The van der Waals surface area contributed by atoms with Crippen LogP contribution < -0.4 is 10.2 Å². The summed E-state index contributed by atoms with van der Waals surface area (Å²) in [5.74, 6) is -3.14. The van der Waals surface area contributed by atoms with Gasteiger partial charge in [0, 0.05) is 37.4 Å². The van der Waals surface area contributed by atoms with Crippen molar-refractivity contribution in [3.63, 3.8) is 0 Å². The predicted molar refractivity (Wildman–Crippen MR) is 109 cm³/mol. The van der Waals surface area contributed by atoms with Crippen LogP contribution >= 0.6 is 11.6 Å². The first-order valence-electron chi connectivity index (χ1n) is 9.78. The molecule has 0 radical (unpaired) electrons. The molecule has 6 nitrogen and oxygen atoms in total. The number of anilines is 1. The molecule has 0 bridgehead atoms. The van der Waals surface area contributed by atoms with Crippen molar-refractivity contribution in [3.8, 4) is 0 Å². The molecule has 0 spiro atoms. The van der Waals surface area contributed by atoms with Crippen LogP contribution in [0.1, 0.15) is 29.5 Å². The van der Waals surface area contributed by atoms with Crippen LogP contribution in [-0.2, 0) is 33.8 Å². The van der Waals surface area contributed by atoms with E-state index in [9.17, 15) is 28.3 Å². The Morgan fingerprint density at radius 3 is 2.65 bits per heavy atom. The van der Waals surface area contributed by atoms with Crippen LogP contribution in [0.2, 0.25) is 5.02 Å². The lowest BCUT2D eigenvalue weighted by atomic mass is 9.90. The van der Waals surface area contributed by atoms with Gasteiger partial charge in [-0.15, -0.1) is 0 Å². The maximum absolute atomic E-state index is 14.7. The van der Waals surface area contributed by atoms with E-state index in [0.717, 1.165) is 16.5 Å². The molecule has 31 heavy (non-hydrogen) atoms. The number of amides is 2. The second kappa shape index (κ2) is 8.01. The SMILES string of the molecule is O=C1CCc2cc(N3CCC(O)(C(=O)NCc4cc(F)cc(Cl)c4)C3=O)c(F)cc2C1. The zero-order valence-electron chi connectivity index (χ0n) is 16.4. The zero-order valence-corrected chi connectivity index (χ0v) is 17.1. The van der Waals surface area contributed by atoms with Crippen molar-refractivity contribution in [1.82, 2.24) is 5.32 Å². The molecule has 1 fully saturated rings. The number of halogens is 3. The minimum absolute atomic E-state index is 0.0289. The molecule has 2 amide bonds. The van der Waals surface area contributed by atoms with E-state index in [2.05, 4.69) is 5.32 Å². The highest BCUT2D eigenvalue weighted by Gasteiger charge is 2.52. The Morgan fingerprint density at radius 2 is 1.90 bits per heavy atom. The number of aryl methyl sites for hydroxylation is 1. The number of fused-ring (bicyclic) bond motifs is 1. The van der Waals surface area contributed by atoms with Crippen molar-refractivity contribution < 1.29 is 28.3 Å². The Hall–Kier alpha value is -2.84. The Bertz CT molecular complexity index is 1090. The van der Waals surface area contributed by atoms with Crippen molar-refractivity contribution in [2.75, 3.05) is 11.4 Å². The molecule has 2 aromatic carbocycles. The van der Waals surface area contributed by atoms with Crippen molar-refractivity contribution >= 4 is 34.9 Å². The minimum atomic E-state index is -2.37. The van der Waals surface area contributed by atoms with E-state index in [-0.39, 0.29) is 42.4 Å². The molecule has 2 aromatic rings. The third-order valence-corrected chi connectivity index (χ3v) is 5.89. The molecule has 162 valence electrons. The van der Waals surface area contributed by atoms with Crippen LogP contribution in [0.25, 0.3) is 0 Å². The number of carbonyl (C=O) groups excluding carboxylic acids is 3. The molecule has 1 unspecified atom stereocenters. The summed E-state index contributed by atoms with van der Waals surface area (Å²) < 4.78 is 28.1. The topological polar surface area (TPSA) is 86.7 Å². The fourth-order valence-electron chi connectivity index (χ4n) is 4.01. The normalized spacial score (nSPS) is 20.7. The van der Waals surface area contributed by atoms with Gasteiger partial charge in [-0.25, -0.2) is 8.78 Å². The highest BCUT2D eigenvalue weighted by molar-refractivity contribution is 6.30. The summed E-state index contributed by atoms with van der Waals surface area (Å²) in [4.78, 5) is 38.1. The molecule has 1 aliphatic carbocycles. The molecule has 1 atom stereocenters. The van der Waals surface area contributed by atoms with Crippen LogP contribution in [0, 0.1) is 11.6 Å². The molecule has 2 N–H and O–H groups in total. The molecule has 2 aliphatic rings. The van der Waals surface area contributed by atoms with Crippen molar-refractivity contribution in [2.45, 2.75) is 37.8 Å². The number of nitrogens with one attached hydrogen (secondary N) is 1. The predicted octanol–water partition coefficient (Wildman–Crippen LogP) is 2.46. The number of carbonyl (C=O) groups is 3. The van der Waals surface area contributed by atoms with E-state index in [1.54, 1.807) is 0 Å². The van der Waals surface area contributed by atoms with E-state index in [1.165, 1.54) is 24.3 Å². The van der Waals surface area contributed by atoms with E-state index in [0.29, 0.717) is 24.0 Å². The maximum atomic E-state index is 14.7. The molecule has 1 heterocycles. The van der Waals surface area contributed by atoms with Gasteiger partial charge in [0.05, 0.1) is 5.69 Å². The van der Waals surface area contributed by atoms with Gasteiger partial charge in [0.1, 0.15) is 17.4 Å². The van der Waals surface area contributed by atoms with Gasteiger partial charge in [0.15, 0.2) is 0 Å². The Labute approximate surface area is 181 Å². The first kappa shape index (κ1) is 21.4. The standard InChI is InChI=1S/C22H19ClF2N2O4/c23-15-5-12(6-16(24)10-15)11-26-20(29)22(31)3-4-27(21(22)30)19-9-13-1-2-17(28)7-14(13)8-18(19)25/h5-6,8-10,31H,1-4,7,11H2,(H,26,29). The van der Waals surface area contributed by atoms with Crippen LogP contribution in [0.5, 0.6) is 0 Å². The van der Waals surface area contributed by atoms with Gasteiger partial charge in [-0.1, -0.05) is 11.6 Å². The number of Topliss-reactive ketones (excluding diaryl/α,β-unsaturated/α-hetero) is 1. The van der Waals surface area contributed by atoms with E-state index >= 15 is 0 Å². The second-order valence-corrected chi connectivity index (χ2v) is 8.25. The second-order valence-electron chi connectivity index (χ2n) is 7.82. The zero-order chi connectivity index (χ0) is 22.3. The Morgan fingerprint density at radius 1 is 1.13 bits per heavy atom. The molecular weight excluding hydrogens is 430 g/mol. The average molecular weight is 449 g/mol. The number of hydrogen-bond acceptors (Lipinski definition) is 4. The monoisotopic (exact) mass is 448 g/mol. The number of rotatable bonds is 4. The van der Waals surface area contributed by atoms with Gasteiger partial charge >= 0.3 is 0 Å². The number of benzene rings is 2. The number of aliphatic hydroxyl groups is 1. The maximum Gasteiger partial charge on any atom is 0.268 e. The summed E-state index contributed by atoms with van der Waals surface area (Å²) in [6.45, 7) is -0.198. The average Bonchev–Trinajstić information content (AvgIpc) is 3.01. The summed E-state index contributed by atoms with van der Waals surface area (Å²) in [6.07, 6.45) is 0.723. The largest absolute Gasteiger partial charge is 0.372 e. The molecule has 1 saturated heterocycles. The Kier molecular flexibility index (Phi) is 5.53. The van der Waals surface area contributed by atoms with Gasteiger partial charge in [-0.2, -0.15) is 0 Å². The first-order chi connectivity index (χ1) is 14.7. The van der Waals surface area contributed by atoms with Crippen molar-refractivity contribution in [1.29, 1.82) is 0 Å². The van der Waals surface area contributed by atoms with Crippen LogP contribution in [0.15, 0.2) is 30.3 Å². The van der Waals surface area contributed by atoms with Crippen LogP contribution in [-0.4, -0.2) is 34.8 Å². The summed E-state index contributed by atoms with van der Waals surface area (Å²) in [5.41, 5.74) is -0.675. The van der Waals surface area contributed by atoms with Crippen LogP contribution in [0.4, 0.5) is 14.5 Å². The fraction of sp³-hybridized carbons (Fsp3) is 0.318. The molecule has 0 saturated carbocycles. The lowest BCUT2D eigenvalue weighted by Crippen LogP contribution is -2.52. The van der Waals surface area contributed by atoms with Crippen LogP contribution in [0.3, 0.4) is 0 Å². The smallest absolute Gasteiger partial charge is 0.268 e. The highest BCUT2D eigenvalue weighted by Crippen LogP contribution is 2.34. The quantitative estimate of drug-likeness (QED) is 0.703. The molecule has 9 heteroatoms. The Balaban J connectivity index is 1.51. The lowest BCUT2D eigenvalue weighted by molar-refractivity contribution is -0.149. The van der Waals surface area contributed by atoms with Gasteiger partial charge in [-0.3, -0.25) is 14.4 Å². The van der Waals surface area contributed by atoms with Gasteiger partial charge < -0.3 is 15.3 Å². The number of hydrogen-bond donors (Lipinski definition) is 2. The third kappa shape index (κ3) is 4.05. The summed E-state index contributed by atoms with van der Waals surface area (Å²) in [7, 11) is 0. The lowest BCUT2D eigenvalue weighted by Gasteiger charge is -2.24. The number of nitrogens with zero attached hydrogens (tertiary/aromatic N) is 1. The molecule has 4 rings (SSSR count). The van der Waals surface area contributed by atoms with Crippen molar-refractivity contribution in [3.05, 3.63) is 63.7 Å². The van der Waals surface area contributed by atoms with E-state index in [1.807, 2.05) is 0 Å². The highest BCUT2D eigenvalue weighted by atomic mass is 35.5. The van der Waals surface area contributed by atoms with Gasteiger partial charge in [0.2, 0.25) is 5.60 Å². The van der Waals surface area contributed by atoms with Crippen molar-refractivity contribution in [2.24, 2.45) is 0 Å². The van der Waals surface area contributed by atoms with E-state index in [4.69, 9.17) is 11.6 Å². The molecule has 0 aromatic heterocycles. The summed E-state index contributed by atoms with van der Waals surface area (Å²) in [6, 6.07) is 6.48. The molecule has 1 aliphatic heterocycles. The van der Waals surface area contributed by atoms with E-state index < -0.39 is 29.0 Å². The fourth-order valence-corrected chi connectivity index (χ4v) is 4.26. The third-order valence-electron chi connectivity index (χ3n) is 5.67. The molecular formula is C22H19ClF2N2O4. The first-order valence-corrected chi connectivity index (χ1v) is 10.2. The summed E-state index contributed by atoms with van der Waals surface area (Å²) in [5, 5.41) is 13.3. The summed E-state index contributed by atoms with van der Waals surface area (Å²) >= 11 is 5.79. The minimum Gasteiger partial charge on any atom is -0.372 e. The number of ketones is 1. The van der Waals surface area contributed by atoms with Gasteiger partial charge in [0.25, 0.3) is 11.8 Å². The van der Waals surface area contributed by atoms with Gasteiger partial charge in [-0.05, 0) is 53.4 Å².